The molecule has 108 valence electrons. The van der Waals surface area contributed by atoms with Crippen LogP contribution in [0.3, 0.4) is 0 Å². The highest BCUT2D eigenvalue weighted by atomic mass is 15.3. The summed E-state index contributed by atoms with van der Waals surface area (Å²) in [5, 5.41) is 0. The van der Waals surface area contributed by atoms with E-state index in [0.717, 1.165) is 0 Å². The van der Waals surface area contributed by atoms with E-state index in [2.05, 4.69) is 72.1 Å². The second kappa shape index (κ2) is 4.79. The molecule has 18 heavy (non-hydrogen) atoms. The molecule has 0 saturated carbocycles. The third-order valence-corrected chi connectivity index (χ3v) is 5.13. The molecular weight excluding hydrogens is 220 g/mol. The lowest BCUT2D eigenvalue weighted by Gasteiger charge is -2.55. The molecule has 0 spiro atoms. The van der Waals surface area contributed by atoms with Crippen LogP contribution < -0.4 is 0 Å². The maximum Gasteiger partial charge on any atom is 0.0205 e. The summed E-state index contributed by atoms with van der Waals surface area (Å²) in [4.78, 5) is 5.32. The van der Waals surface area contributed by atoms with Gasteiger partial charge in [0.25, 0.3) is 0 Å². The first-order valence-electron chi connectivity index (χ1n) is 7.39. The Morgan fingerprint density at radius 2 is 1.33 bits per heavy atom. The monoisotopic (exact) mass is 254 g/mol. The first kappa shape index (κ1) is 16.0. The topological polar surface area (TPSA) is 6.48 Å². The van der Waals surface area contributed by atoms with Gasteiger partial charge in [0, 0.05) is 36.8 Å². The Labute approximate surface area is 115 Å². The highest BCUT2D eigenvalue weighted by molar-refractivity contribution is 4.98. The molecule has 1 rings (SSSR count). The third kappa shape index (κ3) is 3.08. The van der Waals surface area contributed by atoms with E-state index in [1.165, 1.54) is 19.6 Å². The van der Waals surface area contributed by atoms with Crippen molar-refractivity contribution < 1.29 is 0 Å². The Morgan fingerprint density at radius 3 is 1.67 bits per heavy atom. The molecule has 0 radical (unpaired) electrons. The lowest BCUT2D eigenvalue weighted by Crippen LogP contribution is -2.65. The third-order valence-electron chi connectivity index (χ3n) is 5.13. The zero-order valence-corrected chi connectivity index (χ0v) is 14.1. The summed E-state index contributed by atoms with van der Waals surface area (Å²) in [6, 6.07) is 0.632. The van der Waals surface area contributed by atoms with E-state index < -0.39 is 0 Å². The molecule has 1 atom stereocenters. The van der Waals surface area contributed by atoms with Crippen LogP contribution in [0.2, 0.25) is 0 Å². The molecule has 2 nitrogen and oxygen atoms in total. The van der Waals surface area contributed by atoms with Gasteiger partial charge in [0.05, 0.1) is 0 Å². The normalized spacial score (nSPS) is 25.5. The van der Waals surface area contributed by atoms with Crippen molar-refractivity contribution in [3.8, 4) is 0 Å². The standard InChI is InChI=1S/C16H34N2/c1-13-12-17(15(5,6)7)10-11-18(13)16(8,9)14(2,3)4/h13H,10-12H2,1-9H3/t13-/m0/s1. The molecule has 0 aliphatic carbocycles. The van der Waals surface area contributed by atoms with E-state index >= 15 is 0 Å². The smallest absolute Gasteiger partial charge is 0.0205 e. The highest BCUT2D eigenvalue weighted by Gasteiger charge is 2.43. The number of hydrogen-bond donors (Lipinski definition) is 0. The van der Waals surface area contributed by atoms with Crippen molar-refractivity contribution >= 4 is 0 Å². The predicted octanol–water partition coefficient (Wildman–Crippen LogP) is 3.62. The average Bonchev–Trinajstić information content (AvgIpc) is 2.13. The summed E-state index contributed by atoms with van der Waals surface area (Å²) < 4.78 is 0. The van der Waals surface area contributed by atoms with Gasteiger partial charge in [-0.25, -0.2) is 0 Å². The fourth-order valence-corrected chi connectivity index (χ4v) is 2.83. The van der Waals surface area contributed by atoms with Crippen molar-refractivity contribution in [1.82, 2.24) is 9.80 Å². The van der Waals surface area contributed by atoms with Crippen LogP contribution in [0.5, 0.6) is 0 Å². The summed E-state index contributed by atoms with van der Waals surface area (Å²) in [5.41, 5.74) is 0.855. The van der Waals surface area contributed by atoms with Crippen LogP contribution in [0.4, 0.5) is 0 Å². The van der Waals surface area contributed by atoms with Gasteiger partial charge in [-0.1, -0.05) is 20.8 Å². The van der Waals surface area contributed by atoms with Crippen molar-refractivity contribution in [3.05, 3.63) is 0 Å². The minimum Gasteiger partial charge on any atom is -0.296 e. The van der Waals surface area contributed by atoms with Gasteiger partial charge in [-0.05, 0) is 47.0 Å². The maximum atomic E-state index is 2.70. The minimum absolute atomic E-state index is 0.246. The van der Waals surface area contributed by atoms with Gasteiger partial charge in [-0.15, -0.1) is 0 Å². The Kier molecular flexibility index (Phi) is 4.25. The highest BCUT2D eigenvalue weighted by Crippen LogP contribution is 2.37. The molecule has 0 aromatic rings. The summed E-state index contributed by atoms with van der Waals surface area (Å²) >= 11 is 0. The maximum absolute atomic E-state index is 2.70. The molecule has 1 saturated heterocycles. The van der Waals surface area contributed by atoms with Gasteiger partial charge in [0.2, 0.25) is 0 Å². The minimum atomic E-state index is 0.246. The molecule has 0 aromatic carbocycles. The Morgan fingerprint density at radius 1 is 0.833 bits per heavy atom. The lowest BCUT2D eigenvalue weighted by atomic mass is 9.74. The lowest BCUT2D eigenvalue weighted by molar-refractivity contribution is -0.0623. The molecular formula is C16H34N2. The average molecular weight is 254 g/mol. The molecule has 2 heteroatoms. The van der Waals surface area contributed by atoms with Crippen molar-refractivity contribution in [3.63, 3.8) is 0 Å². The van der Waals surface area contributed by atoms with Crippen LogP contribution in [-0.2, 0) is 0 Å². The van der Waals surface area contributed by atoms with Crippen molar-refractivity contribution in [2.75, 3.05) is 19.6 Å². The number of rotatable bonds is 1. The van der Waals surface area contributed by atoms with E-state index in [9.17, 15) is 0 Å². The summed E-state index contributed by atoms with van der Waals surface area (Å²) in [6.07, 6.45) is 0. The number of nitrogens with zero attached hydrogens (tertiary/aromatic N) is 2. The molecule has 0 N–H and O–H groups in total. The fourth-order valence-electron chi connectivity index (χ4n) is 2.83. The quantitative estimate of drug-likeness (QED) is 0.705. The molecule has 1 heterocycles. The molecule has 1 aliphatic rings. The van der Waals surface area contributed by atoms with Crippen LogP contribution in [0.15, 0.2) is 0 Å². The van der Waals surface area contributed by atoms with Crippen molar-refractivity contribution in [1.29, 1.82) is 0 Å². The Hall–Kier alpha value is -0.0800. The van der Waals surface area contributed by atoms with E-state index in [0.29, 0.717) is 17.0 Å². The molecule has 0 bridgehead atoms. The van der Waals surface area contributed by atoms with Crippen LogP contribution >= 0.6 is 0 Å². The SMILES string of the molecule is C[C@H]1CN(C(C)(C)C)CCN1C(C)(C)C(C)(C)C. The summed E-state index contributed by atoms with van der Waals surface area (Å²) in [5.74, 6) is 0. The van der Waals surface area contributed by atoms with Crippen molar-refractivity contribution in [2.24, 2.45) is 5.41 Å². The van der Waals surface area contributed by atoms with Gasteiger partial charge in [0.15, 0.2) is 0 Å². The van der Waals surface area contributed by atoms with Gasteiger partial charge < -0.3 is 0 Å². The molecule has 0 aromatic heterocycles. The molecule has 0 unspecified atom stereocenters. The van der Waals surface area contributed by atoms with Crippen molar-refractivity contribution in [2.45, 2.75) is 79.4 Å². The molecule has 0 amide bonds. The van der Waals surface area contributed by atoms with E-state index in [4.69, 9.17) is 0 Å². The van der Waals surface area contributed by atoms with Gasteiger partial charge in [-0.3, -0.25) is 9.80 Å². The van der Waals surface area contributed by atoms with Crippen LogP contribution in [0, 0.1) is 5.41 Å². The second-order valence-electron chi connectivity index (χ2n) is 8.47. The largest absolute Gasteiger partial charge is 0.296 e. The zero-order chi connectivity index (χ0) is 14.4. The van der Waals surface area contributed by atoms with E-state index in [-0.39, 0.29) is 5.54 Å². The first-order valence-corrected chi connectivity index (χ1v) is 7.39. The summed E-state index contributed by atoms with van der Waals surface area (Å²) in [7, 11) is 0. The number of hydrogen-bond acceptors (Lipinski definition) is 2. The second-order valence-corrected chi connectivity index (χ2v) is 8.47. The van der Waals surface area contributed by atoms with Crippen LogP contribution in [0.1, 0.15) is 62.3 Å². The predicted molar refractivity (Wildman–Crippen MR) is 81.0 cm³/mol. The molecule has 1 aliphatic heterocycles. The molecule has 1 fully saturated rings. The summed E-state index contributed by atoms with van der Waals surface area (Å²) in [6.45, 7) is 24.8. The van der Waals surface area contributed by atoms with Gasteiger partial charge >= 0.3 is 0 Å². The van der Waals surface area contributed by atoms with E-state index in [1.807, 2.05) is 0 Å². The Balaban J connectivity index is 2.81. The van der Waals surface area contributed by atoms with Crippen LogP contribution in [0.25, 0.3) is 0 Å². The fraction of sp³-hybridized carbons (Fsp3) is 1.00. The first-order chi connectivity index (χ1) is 7.87. The number of piperazine rings is 1. The van der Waals surface area contributed by atoms with E-state index in [1.54, 1.807) is 0 Å². The van der Waals surface area contributed by atoms with Gasteiger partial charge in [0.1, 0.15) is 0 Å². The van der Waals surface area contributed by atoms with Crippen LogP contribution in [-0.4, -0.2) is 46.6 Å². The zero-order valence-electron chi connectivity index (χ0n) is 14.1. The Bertz CT molecular complexity index is 280. The van der Waals surface area contributed by atoms with Gasteiger partial charge in [-0.2, -0.15) is 0 Å².